The summed E-state index contributed by atoms with van der Waals surface area (Å²) in [5, 5.41) is 8.31. The molecule has 1 unspecified atom stereocenters. The average molecular weight is 121 g/mol. The molecule has 0 amide bonds. The van der Waals surface area contributed by atoms with Crippen LogP contribution in [0.1, 0.15) is 13.8 Å². The second kappa shape index (κ2) is 2.42. The summed E-state index contributed by atoms with van der Waals surface area (Å²) in [5.74, 6) is 0. The van der Waals surface area contributed by atoms with E-state index in [1.807, 2.05) is 0 Å². The van der Waals surface area contributed by atoms with Crippen LogP contribution < -0.4 is 5.73 Å². The van der Waals surface area contributed by atoms with Crippen LogP contribution in [0, 0.1) is 0 Å². The van der Waals surface area contributed by atoms with Gasteiger partial charge in [-0.3, -0.25) is 0 Å². The molecule has 0 aliphatic rings. The molecule has 0 fully saturated rings. The van der Waals surface area contributed by atoms with Crippen molar-refractivity contribution in [3.63, 3.8) is 0 Å². The molecular weight excluding hydrogens is 109 g/mol. The number of rotatable bonds is 2. The predicted octanol–water partition coefficient (Wildman–Crippen LogP) is 0.0541. The van der Waals surface area contributed by atoms with Gasteiger partial charge in [-0.15, -0.1) is 0 Å². The molecule has 3 heteroatoms. The largest absolute Gasteiger partial charge is 0.395 e. The zero-order valence-corrected chi connectivity index (χ0v) is 5.19. The van der Waals surface area contributed by atoms with Crippen LogP contribution in [0.15, 0.2) is 0 Å². The van der Waals surface area contributed by atoms with Crippen LogP contribution >= 0.6 is 0 Å². The van der Waals surface area contributed by atoms with Crippen LogP contribution in [0.2, 0.25) is 0 Å². The lowest BCUT2D eigenvalue weighted by Crippen LogP contribution is -2.42. The monoisotopic (exact) mass is 121 g/mol. The SMILES string of the molecule is CC(C)(F)C(N)CO. The Hall–Kier alpha value is -0.150. The molecule has 0 aliphatic heterocycles. The fourth-order valence-corrected chi connectivity index (χ4v) is 0.217. The van der Waals surface area contributed by atoms with Gasteiger partial charge in [0.2, 0.25) is 0 Å². The molecule has 8 heavy (non-hydrogen) atoms. The molecule has 0 aliphatic carbocycles. The lowest BCUT2D eigenvalue weighted by atomic mass is 10.0. The third-order valence-corrected chi connectivity index (χ3v) is 1.08. The van der Waals surface area contributed by atoms with E-state index < -0.39 is 11.7 Å². The molecule has 0 spiro atoms. The van der Waals surface area contributed by atoms with E-state index in [0.717, 1.165) is 0 Å². The molecule has 2 nitrogen and oxygen atoms in total. The van der Waals surface area contributed by atoms with Crippen molar-refractivity contribution in [1.29, 1.82) is 0 Å². The molecule has 0 saturated heterocycles. The smallest absolute Gasteiger partial charge is 0.122 e. The number of aliphatic hydroxyl groups excluding tert-OH is 1. The van der Waals surface area contributed by atoms with Crippen molar-refractivity contribution in [1.82, 2.24) is 0 Å². The highest BCUT2D eigenvalue weighted by atomic mass is 19.1. The van der Waals surface area contributed by atoms with Crippen LogP contribution in [-0.4, -0.2) is 23.4 Å². The van der Waals surface area contributed by atoms with Gasteiger partial charge in [-0.2, -0.15) is 0 Å². The topological polar surface area (TPSA) is 46.2 Å². The van der Waals surface area contributed by atoms with Gasteiger partial charge >= 0.3 is 0 Å². The van der Waals surface area contributed by atoms with Crippen molar-refractivity contribution < 1.29 is 9.50 Å². The first-order chi connectivity index (χ1) is 3.48. The molecule has 0 heterocycles. The molecule has 0 aromatic carbocycles. The fraction of sp³-hybridized carbons (Fsp3) is 1.00. The van der Waals surface area contributed by atoms with Crippen molar-refractivity contribution in [3.8, 4) is 0 Å². The number of nitrogens with two attached hydrogens (primary N) is 1. The first-order valence-electron chi connectivity index (χ1n) is 2.54. The van der Waals surface area contributed by atoms with E-state index >= 15 is 0 Å². The van der Waals surface area contributed by atoms with E-state index in [-0.39, 0.29) is 6.61 Å². The van der Waals surface area contributed by atoms with Crippen LogP contribution in [-0.2, 0) is 0 Å². The van der Waals surface area contributed by atoms with Gasteiger partial charge in [0.05, 0.1) is 12.6 Å². The molecule has 0 aromatic heterocycles. The van der Waals surface area contributed by atoms with Crippen molar-refractivity contribution in [2.75, 3.05) is 6.61 Å². The van der Waals surface area contributed by atoms with Crippen molar-refractivity contribution in [2.45, 2.75) is 25.6 Å². The molecule has 0 rings (SSSR count). The van der Waals surface area contributed by atoms with Crippen molar-refractivity contribution in [2.24, 2.45) is 5.73 Å². The maximum atomic E-state index is 12.5. The summed E-state index contributed by atoms with van der Waals surface area (Å²) in [7, 11) is 0. The Bertz CT molecular complexity index is 69.3. The Labute approximate surface area is 48.5 Å². The van der Waals surface area contributed by atoms with Gasteiger partial charge in [0.1, 0.15) is 5.67 Å². The molecule has 1 atom stereocenters. The maximum Gasteiger partial charge on any atom is 0.122 e. The summed E-state index contributed by atoms with van der Waals surface area (Å²) in [6.07, 6.45) is 0. The van der Waals surface area contributed by atoms with E-state index in [0.29, 0.717) is 0 Å². The van der Waals surface area contributed by atoms with Gasteiger partial charge in [-0.25, -0.2) is 4.39 Å². The molecule has 0 radical (unpaired) electrons. The first kappa shape index (κ1) is 7.85. The summed E-state index contributed by atoms with van der Waals surface area (Å²) in [6.45, 7) is 2.38. The summed E-state index contributed by atoms with van der Waals surface area (Å²) in [5.41, 5.74) is 3.66. The van der Waals surface area contributed by atoms with Crippen molar-refractivity contribution in [3.05, 3.63) is 0 Å². The zero-order chi connectivity index (χ0) is 6.78. The van der Waals surface area contributed by atoms with Crippen molar-refractivity contribution >= 4 is 0 Å². The number of alkyl halides is 1. The number of hydrogen-bond acceptors (Lipinski definition) is 2. The summed E-state index contributed by atoms with van der Waals surface area (Å²) in [4.78, 5) is 0. The van der Waals surface area contributed by atoms with E-state index in [1.165, 1.54) is 13.8 Å². The van der Waals surface area contributed by atoms with Crippen LogP contribution in [0.4, 0.5) is 4.39 Å². The normalized spacial score (nSPS) is 16.1. The zero-order valence-electron chi connectivity index (χ0n) is 5.19. The highest BCUT2D eigenvalue weighted by Gasteiger charge is 2.23. The Morgan fingerprint density at radius 2 is 2.12 bits per heavy atom. The van der Waals surface area contributed by atoms with Gasteiger partial charge in [0.15, 0.2) is 0 Å². The van der Waals surface area contributed by atoms with Crippen LogP contribution in [0.5, 0.6) is 0 Å². The second-order valence-corrected chi connectivity index (χ2v) is 2.35. The lowest BCUT2D eigenvalue weighted by Gasteiger charge is -2.19. The fourth-order valence-electron chi connectivity index (χ4n) is 0.217. The highest BCUT2D eigenvalue weighted by molar-refractivity contribution is 4.79. The van der Waals surface area contributed by atoms with E-state index in [1.54, 1.807) is 0 Å². The van der Waals surface area contributed by atoms with Crippen LogP contribution in [0.25, 0.3) is 0 Å². The lowest BCUT2D eigenvalue weighted by molar-refractivity contribution is 0.122. The van der Waals surface area contributed by atoms with Gasteiger partial charge < -0.3 is 10.8 Å². The molecule has 0 bridgehead atoms. The Kier molecular flexibility index (Phi) is 2.37. The molecule has 3 N–H and O–H groups in total. The number of hydrogen-bond donors (Lipinski definition) is 2. The summed E-state index contributed by atoms with van der Waals surface area (Å²) >= 11 is 0. The Morgan fingerprint density at radius 3 is 2.12 bits per heavy atom. The minimum Gasteiger partial charge on any atom is -0.395 e. The minimum absolute atomic E-state index is 0.302. The molecule has 50 valence electrons. The van der Waals surface area contributed by atoms with E-state index in [4.69, 9.17) is 10.8 Å². The Balaban J connectivity index is 3.62. The second-order valence-electron chi connectivity index (χ2n) is 2.35. The summed E-state index contributed by atoms with van der Waals surface area (Å²) in [6, 6.07) is -0.762. The Morgan fingerprint density at radius 1 is 1.75 bits per heavy atom. The van der Waals surface area contributed by atoms with E-state index in [2.05, 4.69) is 0 Å². The van der Waals surface area contributed by atoms with Gasteiger partial charge in [0.25, 0.3) is 0 Å². The molecule has 0 saturated carbocycles. The first-order valence-corrected chi connectivity index (χ1v) is 2.54. The van der Waals surface area contributed by atoms with Gasteiger partial charge in [-0.1, -0.05) is 0 Å². The quantitative estimate of drug-likeness (QED) is 0.542. The van der Waals surface area contributed by atoms with Gasteiger partial charge in [0, 0.05) is 0 Å². The molecular formula is C5H12FNO. The third kappa shape index (κ3) is 2.23. The highest BCUT2D eigenvalue weighted by Crippen LogP contribution is 2.10. The summed E-state index contributed by atoms with van der Waals surface area (Å²) < 4.78 is 12.5. The average Bonchev–Trinajstić information content (AvgIpc) is 1.62. The predicted molar refractivity (Wildman–Crippen MR) is 30.2 cm³/mol. The number of halogens is 1. The molecule has 0 aromatic rings. The van der Waals surface area contributed by atoms with E-state index in [9.17, 15) is 4.39 Å². The van der Waals surface area contributed by atoms with Gasteiger partial charge in [-0.05, 0) is 13.8 Å². The minimum atomic E-state index is -1.46. The maximum absolute atomic E-state index is 12.5. The number of aliphatic hydroxyl groups is 1. The third-order valence-electron chi connectivity index (χ3n) is 1.08. The standard InChI is InChI=1S/C5H12FNO/c1-5(2,6)4(7)3-8/h4,8H,3,7H2,1-2H3. The van der Waals surface area contributed by atoms with Crippen LogP contribution in [0.3, 0.4) is 0 Å².